The normalized spacial score (nSPS) is 21.3. The summed E-state index contributed by atoms with van der Waals surface area (Å²) in [5.41, 5.74) is 21.4. The van der Waals surface area contributed by atoms with Crippen molar-refractivity contribution >= 4 is 56.1 Å². The number of hydrogen-bond donors (Lipinski definition) is 10. The number of amides is 4. The molecule has 96 heavy (non-hydrogen) atoms. The van der Waals surface area contributed by atoms with Gasteiger partial charge in [0, 0.05) is 77.8 Å². The fraction of sp³-hybridized carbons (Fsp3) is 0.613. The van der Waals surface area contributed by atoms with Crippen LogP contribution >= 0.6 is 0 Å². The van der Waals surface area contributed by atoms with Crippen LogP contribution < -0.4 is 78.7 Å². The Kier molecular flexibility index (Phi) is 35.8. The Morgan fingerprint density at radius 3 is 1.00 bits per heavy atom. The van der Waals surface area contributed by atoms with E-state index in [1.54, 1.807) is 0 Å². The predicted molar refractivity (Wildman–Crippen MR) is 385 cm³/mol. The molecule has 6 bridgehead atoms. The number of nitrogens with one attached hydrogen (secondary N) is 6. The van der Waals surface area contributed by atoms with Crippen molar-refractivity contribution in [3.8, 4) is 0 Å². The number of anilines is 3. The molecule has 4 amide bonds. The molecule has 0 aliphatic heterocycles. The van der Waals surface area contributed by atoms with Gasteiger partial charge >= 0.3 is 53.9 Å². The molecule has 0 heterocycles. The molecule has 3 saturated carbocycles. The van der Waals surface area contributed by atoms with Crippen molar-refractivity contribution in [1.29, 1.82) is 0 Å². The summed E-state index contributed by atoms with van der Waals surface area (Å²) in [6.07, 6.45) is 23.3. The number of fused-ring (bicyclic) bond motifs is 6. The van der Waals surface area contributed by atoms with Crippen molar-refractivity contribution in [3.63, 3.8) is 0 Å². The molecule has 13 N–H and O–H groups in total. The maximum Gasteiger partial charge on any atom is 1.00 e. The summed E-state index contributed by atoms with van der Waals surface area (Å²) in [6.45, 7) is 26.7. The predicted octanol–water partition coefficient (Wildman–Crippen LogP) is 9.12. The second-order valence-corrected chi connectivity index (χ2v) is 30.3. The summed E-state index contributed by atoms with van der Waals surface area (Å²) >= 11 is 0. The molecule has 0 aromatic heterocycles. The number of aliphatic hydroxyl groups excluding tert-OH is 1. The van der Waals surface area contributed by atoms with Gasteiger partial charge < -0.3 is 79.4 Å². The zero-order valence-electron chi connectivity index (χ0n) is 61.3. The first-order valence-electron chi connectivity index (χ1n) is 34.1. The molecule has 21 heteroatoms. The largest absolute Gasteiger partial charge is 1.00 e. The zero-order chi connectivity index (χ0) is 69.2. The van der Waals surface area contributed by atoms with Gasteiger partial charge in [-0.15, -0.1) is 0 Å². The number of carbonyl (C=O) groups is 5. The number of alkyl carbamates (subject to hydrolysis) is 4. The van der Waals surface area contributed by atoms with Crippen LogP contribution in [0.1, 0.15) is 140 Å². The van der Waals surface area contributed by atoms with E-state index in [0.29, 0.717) is 75.6 Å². The summed E-state index contributed by atoms with van der Waals surface area (Å²) in [6, 6.07) is 24.7. The molecule has 9 rings (SSSR count). The van der Waals surface area contributed by atoms with Gasteiger partial charge in [-0.3, -0.25) is 0 Å². The minimum absolute atomic E-state index is 0. The Balaban J connectivity index is 0.000000460. The maximum atomic E-state index is 12.2. The van der Waals surface area contributed by atoms with Crippen LogP contribution in [0.5, 0.6) is 0 Å². The molecule has 9 unspecified atom stereocenters. The molecule has 0 spiro atoms. The van der Waals surface area contributed by atoms with Crippen LogP contribution in [0.4, 0.5) is 36.2 Å². The molecule has 3 aromatic carbocycles. The minimum atomic E-state index is -0.564. The Bertz CT molecular complexity index is 2830. The summed E-state index contributed by atoms with van der Waals surface area (Å²) in [4.78, 5) is 58.5. The number of benzene rings is 3. The number of aliphatic hydroxyl groups is 1. The van der Waals surface area contributed by atoms with E-state index in [-0.39, 0.29) is 51.2 Å². The van der Waals surface area contributed by atoms with Crippen molar-refractivity contribution in [2.24, 2.45) is 82.5 Å². The molecule has 6 aliphatic rings. The maximum absolute atomic E-state index is 12.2. The van der Waals surface area contributed by atoms with E-state index in [1.807, 2.05) is 107 Å². The Labute approximate surface area is 600 Å². The third-order valence-corrected chi connectivity index (χ3v) is 17.3. The summed E-state index contributed by atoms with van der Waals surface area (Å²) < 4.78 is 21.3. The molecule has 3 radical (unpaired) electrons. The molecule has 0 saturated heterocycles. The van der Waals surface area contributed by atoms with E-state index < -0.39 is 46.8 Å². The minimum Gasteiger partial charge on any atom is -1.00 e. The first kappa shape index (κ1) is 84.2. The quantitative estimate of drug-likeness (QED) is 0.0139. The second-order valence-electron chi connectivity index (χ2n) is 30.3. The second kappa shape index (κ2) is 40.8. The van der Waals surface area contributed by atoms with Gasteiger partial charge in [0.15, 0.2) is 0 Å². The standard InChI is InChI=1S/C28H43N3O4.C20H33N3O4.C18H27N3.C8H10O.CH4O.B.Na.H/c1-27(2,3)34-25(32)30-16-21(17-31-26(33)35-28(4,5)6)13-19-8-11-24(12-9-19)29-18-23-15-20-7-10-22(23)14-20;1-19(2,3)26-17(24)22-12-15(11-14-7-9-16(21)10-8-14)13-23-18(25)27-20(4,5)6;19-10-15(11-20)7-13-2-5-18(6-3-13)21-12-17-9-14-1-4-16(17)8-14;9-5-8-4-6-1-2-7(8)3-6;1-2;;;/h7-12,20-23,29H,13-18H2,1-6H3,(H,30,32)(H,31,33);7-10,15H,11-13,21H2,1-6H3,(H,22,24)(H,23,25);1-6,14-17,21H,7-12,19-20H2;1-2,5-8H,3-4H2;2H,1H3;;;/q;;;;;;+1;-1. The number of aldehydes is 1. The van der Waals surface area contributed by atoms with E-state index in [9.17, 15) is 24.0 Å². The fourth-order valence-corrected chi connectivity index (χ4v) is 12.8. The van der Waals surface area contributed by atoms with E-state index in [1.165, 1.54) is 43.4 Å². The van der Waals surface area contributed by atoms with Gasteiger partial charge in [-0.1, -0.05) is 72.9 Å². The fourth-order valence-electron chi connectivity index (χ4n) is 12.8. The Hall–Kier alpha value is -6.03. The van der Waals surface area contributed by atoms with Crippen LogP contribution in [-0.4, -0.2) is 126 Å². The number of rotatable bonds is 23. The number of ether oxygens (including phenoxy) is 4. The SMILES string of the molecule is CC(C)(C)OC(=O)NCC(CNC(=O)OC(C)(C)C)Cc1ccc(N)cc1.CC(C)(C)OC(=O)NCC(CNC(=O)OC(C)(C)C)Cc1ccc(NCC2CC3C=CC2C3)cc1.CO.NCC(CN)Cc1ccc(NCC2CC3C=CC2C3)cc1.O=CC1CC2C=CC1C2.[B].[H-].[Na+]. The molecule has 3 aromatic rings. The van der Waals surface area contributed by atoms with Gasteiger partial charge in [-0.2, -0.15) is 0 Å². The summed E-state index contributed by atoms with van der Waals surface area (Å²) in [5.74, 6) is 6.79. The van der Waals surface area contributed by atoms with Crippen molar-refractivity contribution in [1.82, 2.24) is 21.3 Å². The van der Waals surface area contributed by atoms with Gasteiger partial charge in [-0.25, -0.2) is 19.2 Å². The zero-order valence-corrected chi connectivity index (χ0v) is 62.3. The van der Waals surface area contributed by atoms with Gasteiger partial charge in [-0.05, 0) is 272 Å². The van der Waals surface area contributed by atoms with Crippen molar-refractivity contribution in [2.75, 3.05) is 75.8 Å². The molecule has 6 aliphatic carbocycles. The van der Waals surface area contributed by atoms with Gasteiger partial charge in [0.2, 0.25) is 0 Å². The number of allylic oxidation sites excluding steroid dienone is 6. The molecular weight excluding hydrogens is 1220 g/mol. The van der Waals surface area contributed by atoms with E-state index in [2.05, 4.69) is 117 Å². The smallest absolute Gasteiger partial charge is 1.00 e. The molecular formula is C75H118BN9NaO10. The Morgan fingerprint density at radius 2 is 0.760 bits per heavy atom. The van der Waals surface area contributed by atoms with Crippen molar-refractivity contribution in [2.45, 2.75) is 163 Å². The summed E-state index contributed by atoms with van der Waals surface area (Å²) in [5, 5.41) is 25.4. The average molecular weight is 1340 g/mol. The third-order valence-electron chi connectivity index (χ3n) is 17.3. The first-order chi connectivity index (χ1) is 44.4. The van der Waals surface area contributed by atoms with Crippen LogP contribution in [0.3, 0.4) is 0 Å². The molecule has 19 nitrogen and oxygen atoms in total. The van der Waals surface area contributed by atoms with Crippen molar-refractivity contribution in [3.05, 3.63) is 126 Å². The number of carbonyl (C=O) groups excluding carboxylic acids is 5. The first-order valence-corrected chi connectivity index (χ1v) is 34.1. The Morgan fingerprint density at radius 1 is 0.469 bits per heavy atom. The van der Waals surface area contributed by atoms with Crippen molar-refractivity contribution < 1.29 is 79.0 Å². The van der Waals surface area contributed by atoms with E-state index in [4.69, 9.17) is 41.3 Å². The number of nitrogen functional groups attached to an aromatic ring is 1. The summed E-state index contributed by atoms with van der Waals surface area (Å²) in [7, 11) is 1.00. The monoisotopic (exact) mass is 1340 g/mol. The van der Waals surface area contributed by atoms with Gasteiger partial charge in [0.1, 0.15) is 28.7 Å². The van der Waals surface area contributed by atoms with Crippen LogP contribution in [0.2, 0.25) is 0 Å². The topological polar surface area (TPSA) is 293 Å². The molecule has 9 atom stereocenters. The van der Waals surface area contributed by atoms with Crippen LogP contribution in [0.25, 0.3) is 0 Å². The van der Waals surface area contributed by atoms with Gasteiger partial charge in [0.25, 0.3) is 0 Å². The molecule has 527 valence electrons. The van der Waals surface area contributed by atoms with Crippen LogP contribution in [0, 0.1) is 71.0 Å². The average Bonchev–Trinajstić information content (AvgIpc) is 1.70. The van der Waals surface area contributed by atoms with Crippen LogP contribution in [0.15, 0.2) is 109 Å². The number of hydrogen-bond acceptors (Lipinski definition) is 15. The van der Waals surface area contributed by atoms with E-state index in [0.717, 1.165) is 97.6 Å². The third kappa shape index (κ3) is 32.6. The van der Waals surface area contributed by atoms with Crippen LogP contribution in [-0.2, 0) is 43.0 Å². The number of nitrogens with two attached hydrogens (primary N) is 3. The van der Waals surface area contributed by atoms with Gasteiger partial charge in [0.05, 0.1) is 0 Å². The molecule has 3 fully saturated rings. The van der Waals surface area contributed by atoms with E-state index >= 15 is 0 Å².